The van der Waals surface area contributed by atoms with Gasteiger partial charge in [-0.2, -0.15) is 0 Å². The summed E-state index contributed by atoms with van der Waals surface area (Å²) in [6.45, 7) is 9.70. The van der Waals surface area contributed by atoms with Crippen LogP contribution in [0.15, 0.2) is 24.3 Å². The summed E-state index contributed by atoms with van der Waals surface area (Å²) in [6.07, 6.45) is 3.42. The summed E-state index contributed by atoms with van der Waals surface area (Å²) in [5, 5.41) is 3.00. The predicted octanol–water partition coefficient (Wildman–Crippen LogP) is 2.05. The Labute approximate surface area is 175 Å². The van der Waals surface area contributed by atoms with Crippen molar-refractivity contribution in [1.29, 1.82) is 0 Å². The van der Waals surface area contributed by atoms with Crippen LogP contribution in [0.1, 0.15) is 50.8 Å². The Morgan fingerprint density at radius 3 is 2.52 bits per heavy atom. The van der Waals surface area contributed by atoms with E-state index >= 15 is 0 Å². The Balaban J connectivity index is 1.47. The van der Waals surface area contributed by atoms with E-state index in [4.69, 9.17) is 0 Å². The third kappa shape index (κ3) is 6.03. The molecule has 2 amide bonds. The SMILES string of the molecule is CN(CC(=O)N1CCN(CC(=O)NC(C)(C)C)CC1)[C@H]1CCCc2ccccc21. The molecule has 1 fully saturated rings. The lowest BCUT2D eigenvalue weighted by atomic mass is 9.87. The van der Waals surface area contributed by atoms with Crippen molar-refractivity contribution in [2.75, 3.05) is 46.3 Å². The highest BCUT2D eigenvalue weighted by Gasteiger charge is 2.28. The van der Waals surface area contributed by atoms with Gasteiger partial charge in [-0.05, 0) is 58.2 Å². The summed E-state index contributed by atoms with van der Waals surface area (Å²) in [5.41, 5.74) is 2.59. The first-order valence-electron chi connectivity index (χ1n) is 10.8. The molecule has 1 aromatic rings. The number of piperazine rings is 1. The molecule has 160 valence electrons. The lowest BCUT2D eigenvalue weighted by molar-refractivity contribution is -0.134. The highest BCUT2D eigenvalue weighted by molar-refractivity contribution is 5.79. The number of aryl methyl sites for hydroxylation is 1. The van der Waals surface area contributed by atoms with Crippen LogP contribution in [-0.2, 0) is 16.0 Å². The molecule has 1 aliphatic heterocycles. The highest BCUT2D eigenvalue weighted by atomic mass is 16.2. The molecule has 0 spiro atoms. The first-order valence-corrected chi connectivity index (χ1v) is 10.8. The number of carbonyl (C=O) groups is 2. The summed E-state index contributed by atoms with van der Waals surface area (Å²) in [5.74, 6) is 0.238. The average molecular weight is 401 g/mol. The summed E-state index contributed by atoms with van der Waals surface area (Å²) < 4.78 is 0. The summed E-state index contributed by atoms with van der Waals surface area (Å²) in [6, 6.07) is 8.95. The minimum Gasteiger partial charge on any atom is -0.350 e. The molecule has 1 aromatic carbocycles. The minimum absolute atomic E-state index is 0.0490. The predicted molar refractivity (Wildman–Crippen MR) is 116 cm³/mol. The zero-order chi connectivity index (χ0) is 21.0. The maximum absolute atomic E-state index is 12.9. The number of fused-ring (bicyclic) bond motifs is 1. The molecule has 0 unspecified atom stereocenters. The van der Waals surface area contributed by atoms with E-state index in [2.05, 4.69) is 46.4 Å². The molecule has 1 saturated heterocycles. The second-order valence-electron chi connectivity index (χ2n) is 9.48. The van der Waals surface area contributed by atoms with E-state index in [0.29, 0.717) is 32.2 Å². The van der Waals surface area contributed by atoms with Crippen LogP contribution < -0.4 is 5.32 Å². The molecular formula is C23H36N4O2. The number of amides is 2. The van der Waals surface area contributed by atoms with Gasteiger partial charge in [-0.15, -0.1) is 0 Å². The van der Waals surface area contributed by atoms with Gasteiger partial charge in [-0.25, -0.2) is 0 Å². The number of nitrogens with one attached hydrogen (secondary N) is 1. The second kappa shape index (κ2) is 9.26. The molecule has 29 heavy (non-hydrogen) atoms. The number of carbonyl (C=O) groups excluding carboxylic acids is 2. The number of hydrogen-bond donors (Lipinski definition) is 1. The smallest absolute Gasteiger partial charge is 0.236 e. The maximum Gasteiger partial charge on any atom is 0.236 e. The third-order valence-corrected chi connectivity index (χ3v) is 5.86. The van der Waals surface area contributed by atoms with Gasteiger partial charge in [-0.3, -0.25) is 19.4 Å². The van der Waals surface area contributed by atoms with Gasteiger partial charge in [-0.1, -0.05) is 24.3 Å². The van der Waals surface area contributed by atoms with Gasteiger partial charge < -0.3 is 10.2 Å². The Morgan fingerprint density at radius 1 is 1.14 bits per heavy atom. The van der Waals surface area contributed by atoms with Crippen LogP contribution in [0.5, 0.6) is 0 Å². The fraction of sp³-hybridized carbons (Fsp3) is 0.652. The summed E-state index contributed by atoms with van der Waals surface area (Å²) >= 11 is 0. The van der Waals surface area contributed by atoms with E-state index in [0.717, 1.165) is 25.9 Å². The lowest BCUT2D eigenvalue weighted by Gasteiger charge is -2.37. The topological polar surface area (TPSA) is 55.9 Å². The van der Waals surface area contributed by atoms with Crippen molar-refractivity contribution >= 4 is 11.8 Å². The largest absolute Gasteiger partial charge is 0.350 e. The molecule has 1 heterocycles. The van der Waals surface area contributed by atoms with Crippen LogP contribution in [0.4, 0.5) is 0 Å². The van der Waals surface area contributed by atoms with E-state index in [1.165, 1.54) is 17.5 Å². The molecule has 1 atom stereocenters. The van der Waals surface area contributed by atoms with Crippen LogP contribution in [0.3, 0.4) is 0 Å². The van der Waals surface area contributed by atoms with Crippen molar-refractivity contribution in [2.24, 2.45) is 0 Å². The van der Waals surface area contributed by atoms with Crippen LogP contribution >= 0.6 is 0 Å². The fourth-order valence-corrected chi connectivity index (χ4v) is 4.43. The van der Waals surface area contributed by atoms with E-state index in [1.807, 2.05) is 25.7 Å². The molecule has 6 nitrogen and oxygen atoms in total. The van der Waals surface area contributed by atoms with Crippen LogP contribution in [0.2, 0.25) is 0 Å². The second-order valence-corrected chi connectivity index (χ2v) is 9.48. The Kier molecular flexibility index (Phi) is 6.96. The Hall–Kier alpha value is -1.92. The first-order chi connectivity index (χ1) is 13.7. The third-order valence-electron chi connectivity index (χ3n) is 5.86. The van der Waals surface area contributed by atoms with Gasteiger partial charge in [0.05, 0.1) is 13.1 Å². The number of hydrogen-bond acceptors (Lipinski definition) is 4. The maximum atomic E-state index is 12.9. The number of nitrogens with zero attached hydrogens (tertiary/aromatic N) is 3. The Bertz CT molecular complexity index is 720. The van der Waals surface area contributed by atoms with Gasteiger partial charge in [0.2, 0.25) is 11.8 Å². The van der Waals surface area contributed by atoms with Crippen LogP contribution in [0, 0.1) is 0 Å². The van der Waals surface area contributed by atoms with E-state index < -0.39 is 0 Å². The first kappa shape index (κ1) is 21.8. The molecule has 0 saturated carbocycles. The zero-order valence-electron chi connectivity index (χ0n) is 18.4. The van der Waals surface area contributed by atoms with Crippen molar-refractivity contribution in [1.82, 2.24) is 20.0 Å². The van der Waals surface area contributed by atoms with E-state index in [9.17, 15) is 9.59 Å². The van der Waals surface area contributed by atoms with E-state index in [1.54, 1.807) is 0 Å². The Morgan fingerprint density at radius 2 is 1.83 bits per heavy atom. The normalized spacial score (nSPS) is 20.4. The van der Waals surface area contributed by atoms with Gasteiger partial charge in [0.1, 0.15) is 0 Å². The number of rotatable bonds is 5. The van der Waals surface area contributed by atoms with Gasteiger partial charge in [0.15, 0.2) is 0 Å². The molecule has 2 aliphatic rings. The average Bonchev–Trinajstić information content (AvgIpc) is 2.66. The molecule has 0 radical (unpaired) electrons. The molecular weight excluding hydrogens is 364 g/mol. The minimum atomic E-state index is -0.211. The van der Waals surface area contributed by atoms with Gasteiger partial charge in [0, 0.05) is 37.8 Å². The standard InChI is InChI=1S/C23H36N4O2/c1-23(2,3)24-21(28)16-26-12-14-27(15-13-26)22(29)17-25(4)20-11-7-9-18-8-5-6-10-19(18)20/h5-6,8,10,20H,7,9,11-17H2,1-4H3,(H,24,28)/t20-/m0/s1. The van der Waals surface area contributed by atoms with Crippen molar-refractivity contribution < 1.29 is 9.59 Å². The van der Waals surface area contributed by atoms with Crippen molar-refractivity contribution in [3.8, 4) is 0 Å². The van der Waals surface area contributed by atoms with E-state index in [-0.39, 0.29) is 17.4 Å². The van der Waals surface area contributed by atoms with Crippen molar-refractivity contribution in [3.63, 3.8) is 0 Å². The molecule has 3 rings (SSSR count). The van der Waals surface area contributed by atoms with Crippen molar-refractivity contribution in [3.05, 3.63) is 35.4 Å². The number of benzene rings is 1. The molecule has 0 bridgehead atoms. The van der Waals surface area contributed by atoms with Gasteiger partial charge >= 0.3 is 0 Å². The molecule has 6 heteroatoms. The van der Waals surface area contributed by atoms with Crippen molar-refractivity contribution in [2.45, 2.75) is 51.6 Å². The zero-order valence-corrected chi connectivity index (χ0v) is 18.4. The highest BCUT2D eigenvalue weighted by Crippen LogP contribution is 2.33. The van der Waals surface area contributed by atoms with Crippen LogP contribution in [0.25, 0.3) is 0 Å². The molecule has 1 N–H and O–H groups in total. The summed E-state index contributed by atoms with van der Waals surface area (Å²) in [7, 11) is 2.07. The number of likely N-dealkylation sites (N-methyl/N-ethyl adjacent to an activating group) is 1. The monoisotopic (exact) mass is 400 g/mol. The molecule has 1 aliphatic carbocycles. The lowest BCUT2D eigenvalue weighted by Crippen LogP contribution is -2.54. The fourth-order valence-electron chi connectivity index (χ4n) is 4.43. The van der Waals surface area contributed by atoms with Gasteiger partial charge in [0.25, 0.3) is 0 Å². The van der Waals surface area contributed by atoms with Crippen LogP contribution in [-0.4, -0.2) is 78.4 Å². The quantitative estimate of drug-likeness (QED) is 0.822. The summed E-state index contributed by atoms with van der Waals surface area (Å²) in [4.78, 5) is 31.3. The molecule has 0 aromatic heterocycles.